The summed E-state index contributed by atoms with van der Waals surface area (Å²) in [6, 6.07) is 12.1. The molecule has 0 saturated carbocycles. The van der Waals surface area contributed by atoms with Gasteiger partial charge in [0.1, 0.15) is 5.75 Å². The van der Waals surface area contributed by atoms with Crippen LogP contribution >= 0.6 is 24.0 Å². The molecule has 0 amide bonds. The number of halogens is 1. The number of ether oxygens (including phenoxy) is 3. The van der Waals surface area contributed by atoms with Crippen LogP contribution in [0, 0.1) is 6.92 Å². The van der Waals surface area contributed by atoms with Gasteiger partial charge in [-0.15, -0.1) is 24.0 Å². The maximum atomic E-state index is 5.47. The first kappa shape index (κ1) is 23.9. The van der Waals surface area contributed by atoms with E-state index in [-0.39, 0.29) is 24.0 Å². The fraction of sp³-hybridized carbons (Fsp3) is 0.381. The number of benzene rings is 2. The Labute approximate surface area is 184 Å². The monoisotopic (exact) mass is 499 g/mol. The van der Waals surface area contributed by atoms with Crippen LogP contribution in [0.3, 0.4) is 0 Å². The van der Waals surface area contributed by atoms with Crippen LogP contribution in [0.25, 0.3) is 0 Å². The summed E-state index contributed by atoms with van der Waals surface area (Å²) >= 11 is 0. The molecule has 0 spiro atoms. The van der Waals surface area contributed by atoms with E-state index in [4.69, 9.17) is 14.2 Å². The van der Waals surface area contributed by atoms with E-state index in [0.717, 1.165) is 41.6 Å². The summed E-state index contributed by atoms with van der Waals surface area (Å²) < 4.78 is 16.2. The molecule has 0 aliphatic carbocycles. The van der Waals surface area contributed by atoms with Crippen molar-refractivity contribution in [1.82, 2.24) is 10.6 Å². The molecule has 0 bridgehead atoms. The van der Waals surface area contributed by atoms with E-state index in [2.05, 4.69) is 33.8 Å². The number of hydrogen-bond donors (Lipinski definition) is 2. The third-order valence-corrected chi connectivity index (χ3v) is 4.33. The number of aryl methyl sites for hydroxylation is 1. The van der Waals surface area contributed by atoms with Crippen LogP contribution in [-0.4, -0.2) is 40.9 Å². The van der Waals surface area contributed by atoms with Gasteiger partial charge in [-0.1, -0.05) is 24.3 Å². The smallest absolute Gasteiger partial charge is 0.191 e. The van der Waals surface area contributed by atoms with E-state index >= 15 is 0 Å². The van der Waals surface area contributed by atoms with Gasteiger partial charge in [0, 0.05) is 25.7 Å². The van der Waals surface area contributed by atoms with Crippen molar-refractivity contribution in [1.29, 1.82) is 0 Å². The lowest BCUT2D eigenvalue weighted by Crippen LogP contribution is -2.37. The average molecular weight is 499 g/mol. The van der Waals surface area contributed by atoms with Crippen LogP contribution in [-0.2, 0) is 13.0 Å². The topological polar surface area (TPSA) is 64.1 Å². The highest BCUT2D eigenvalue weighted by Gasteiger charge is 2.10. The molecular weight excluding hydrogens is 469 g/mol. The summed E-state index contributed by atoms with van der Waals surface area (Å²) in [5.74, 6) is 3.10. The third kappa shape index (κ3) is 6.47. The fourth-order valence-electron chi connectivity index (χ4n) is 2.84. The normalized spacial score (nSPS) is 10.7. The highest BCUT2D eigenvalue weighted by molar-refractivity contribution is 14.0. The van der Waals surface area contributed by atoms with Gasteiger partial charge in [0.15, 0.2) is 17.5 Å². The Balaban J connectivity index is 0.00000392. The summed E-state index contributed by atoms with van der Waals surface area (Å²) in [6.45, 7) is 3.39. The van der Waals surface area contributed by atoms with Crippen LogP contribution in [0.4, 0.5) is 0 Å². The zero-order valence-electron chi connectivity index (χ0n) is 17.2. The van der Waals surface area contributed by atoms with Crippen molar-refractivity contribution in [2.45, 2.75) is 19.9 Å². The largest absolute Gasteiger partial charge is 0.496 e. The van der Waals surface area contributed by atoms with Crippen molar-refractivity contribution in [3.63, 3.8) is 0 Å². The number of nitrogens with one attached hydrogen (secondary N) is 2. The van der Waals surface area contributed by atoms with Crippen molar-refractivity contribution in [2.24, 2.45) is 4.99 Å². The molecule has 0 heterocycles. The van der Waals surface area contributed by atoms with Crippen LogP contribution in [0.5, 0.6) is 17.2 Å². The number of para-hydroxylation sites is 1. The Kier molecular flexibility index (Phi) is 10.5. The molecule has 28 heavy (non-hydrogen) atoms. The molecule has 2 aromatic carbocycles. The van der Waals surface area contributed by atoms with Gasteiger partial charge in [-0.05, 0) is 36.6 Å². The summed E-state index contributed by atoms with van der Waals surface area (Å²) in [6.07, 6.45) is 0.875. The van der Waals surface area contributed by atoms with E-state index in [0.29, 0.717) is 12.3 Å². The number of nitrogens with zero attached hydrogens (tertiary/aromatic N) is 1. The number of aliphatic imine (C=N–C) groups is 1. The van der Waals surface area contributed by atoms with Gasteiger partial charge in [0.2, 0.25) is 0 Å². The molecule has 154 valence electrons. The SMILES string of the molecule is CN=C(NCCc1ccc(C)c(OC)c1)NCc1cccc(OC)c1OC.I. The molecule has 0 atom stereocenters. The molecule has 0 saturated heterocycles. The molecule has 0 aliphatic rings. The predicted molar refractivity (Wildman–Crippen MR) is 125 cm³/mol. The quantitative estimate of drug-likeness (QED) is 0.331. The standard InChI is InChI=1S/C21H29N3O3.HI/c1-15-9-10-16(13-19(15)26-4)11-12-23-21(22-2)24-14-17-7-6-8-18(25-3)20(17)27-5;/h6-10,13H,11-12,14H2,1-5H3,(H2,22,23,24);1H. The molecule has 0 aliphatic heterocycles. The van der Waals surface area contributed by atoms with Gasteiger partial charge in [-0.3, -0.25) is 4.99 Å². The maximum absolute atomic E-state index is 5.47. The average Bonchev–Trinajstić information content (AvgIpc) is 2.71. The molecule has 0 aromatic heterocycles. The molecule has 2 aromatic rings. The summed E-state index contributed by atoms with van der Waals surface area (Å²) in [4.78, 5) is 4.28. The first-order valence-electron chi connectivity index (χ1n) is 8.90. The first-order valence-corrected chi connectivity index (χ1v) is 8.90. The molecule has 0 fully saturated rings. The molecule has 0 unspecified atom stereocenters. The Morgan fingerprint density at radius 1 is 0.964 bits per heavy atom. The number of guanidine groups is 1. The van der Waals surface area contributed by atoms with E-state index in [1.165, 1.54) is 5.56 Å². The highest BCUT2D eigenvalue weighted by Crippen LogP contribution is 2.30. The predicted octanol–water partition coefficient (Wildman–Crippen LogP) is 3.55. The minimum absolute atomic E-state index is 0. The Morgan fingerprint density at radius 2 is 1.71 bits per heavy atom. The van der Waals surface area contributed by atoms with Gasteiger partial charge in [0.05, 0.1) is 21.3 Å². The van der Waals surface area contributed by atoms with Crippen LogP contribution in [0.1, 0.15) is 16.7 Å². The van der Waals surface area contributed by atoms with Crippen molar-refractivity contribution < 1.29 is 14.2 Å². The highest BCUT2D eigenvalue weighted by atomic mass is 127. The second-order valence-corrected chi connectivity index (χ2v) is 6.06. The zero-order valence-corrected chi connectivity index (χ0v) is 19.5. The van der Waals surface area contributed by atoms with Gasteiger partial charge < -0.3 is 24.8 Å². The number of methoxy groups -OCH3 is 3. The molecule has 2 rings (SSSR count). The Bertz CT molecular complexity index is 781. The van der Waals surface area contributed by atoms with E-state index in [9.17, 15) is 0 Å². The third-order valence-electron chi connectivity index (χ3n) is 4.33. The van der Waals surface area contributed by atoms with Gasteiger partial charge in [-0.25, -0.2) is 0 Å². The maximum Gasteiger partial charge on any atom is 0.191 e. The minimum Gasteiger partial charge on any atom is -0.496 e. The Morgan fingerprint density at radius 3 is 2.36 bits per heavy atom. The van der Waals surface area contributed by atoms with Crippen LogP contribution in [0.2, 0.25) is 0 Å². The molecule has 2 N–H and O–H groups in total. The molecule has 0 radical (unpaired) electrons. The zero-order chi connectivity index (χ0) is 19.6. The van der Waals surface area contributed by atoms with Crippen LogP contribution in [0.15, 0.2) is 41.4 Å². The lowest BCUT2D eigenvalue weighted by atomic mass is 10.1. The lowest BCUT2D eigenvalue weighted by Gasteiger charge is -2.15. The van der Waals surface area contributed by atoms with Gasteiger partial charge >= 0.3 is 0 Å². The molecular formula is C21H30IN3O3. The van der Waals surface area contributed by atoms with Crippen LogP contribution < -0.4 is 24.8 Å². The second kappa shape index (κ2) is 12.3. The second-order valence-electron chi connectivity index (χ2n) is 6.06. The minimum atomic E-state index is 0. The Hall–Kier alpha value is -2.16. The van der Waals surface area contributed by atoms with Gasteiger partial charge in [-0.2, -0.15) is 0 Å². The van der Waals surface area contributed by atoms with Crippen molar-refractivity contribution in [3.05, 3.63) is 53.1 Å². The van der Waals surface area contributed by atoms with Gasteiger partial charge in [0.25, 0.3) is 0 Å². The fourth-order valence-corrected chi connectivity index (χ4v) is 2.84. The van der Waals surface area contributed by atoms with Crippen molar-refractivity contribution in [2.75, 3.05) is 34.9 Å². The van der Waals surface area contributed by atoms with E-state index in [1.807, 2.05) is 25.1 Å². The first-order chi connectivity index (χ1) is 13.1. The summed E-state index contributed by atoms with van der Waals surface area (Å²) in [5.41, 5.74) is 3.36. The summed E-state index contributed by atoms with van der Waals surface area (Å²) in [5, 5.41) is 6.64. The van der Waals surface area contributed by atoms with E-state index in [1.54, 1.807) is 28.4 Å². The number of rotatable bonds is 8. The van der Waals surface area contributed by atoms with Crippen molar-refractivity contribution >= 4 is 29.9 Å². The summed E-state index contributed by atoms with van der Waals surface area (Å²) in [7, 11) is 6.73. The van der Waals surface area contributed by atoms with E-state index < -0.39 is 0 Å². The number of hydrogen-bond acceptors (Lipinski definition) is 4. The molecule has 7 heteroatoms. The molecule has 6 nitrogen and oxygen atoms in total. The van der Waals surface area contributed by atoms with Crippen molar-refractivity contribution in [3.8, 4) is 17.2 Å². The lowest BCUT2D eigenvalue weighted by molar-refractivity contribution is 0.351.